The first kappa shape index (κ1) is 17.1. The van der Waals surface area contributed by atoms with Gasteiger partial charge in [0.1, 0.15) is 12.3 Å². The van der Waals surface area contributed by atoms with Gasteiger partial charge in [0.2, 0.25) is 5.91 Å². The van der Waals surface area contributed by atoms with Crippen molar-refractivity contribution < 1.29 is 51.1 Å². The number of likely N-dealkylation sites (N-methyl/N-ethyl adjacent to an activating group) is 1. The first-order valence-corrected chi connectivity index (χ1v) is 15.0. The molecule has 3 aromatic carbocycles. The van der Waals surface area contributed by atoms with E-state index in [-0.39, 0.29) is 47.2 Å². The smallest absolute Gasteiger partial charge is 0.336 e. The van der Waals surface area contributed by atoms with Gasteiger partial charge in [0.15, 0.2) is 5.16 Å². The van der Waals surface area contributed by atoms with Gasteiger partial charge < -0.3 is 14.4 Å². The summed E-state index contributed by atoms with van der Waals surface area (Å²) in [6, 6.07) is -14.6. The van der Waals surface area contributed by atoms with E-state index in [1.165, 1.54) is 0 Å². The standard InChI is InChI=1S/C37H40F4N4O2S/c1-4-43(5-2)19-20-44(22-29-12-11-28(21-25(29)3)27-13-15-30(16-14-27)37(39,40)41)34(46)23-45-33-8-6-7-32(33)35(47)42-36(45)48-24-26-9-17-31(38)18-10-26/h9-18,21H,4-8,19-20,22-24H2,1-3H3/i4D2,5D2,9D,10D,11D,12D,13D,14D,15D,16D,17D,18D,21D,22D2,23D2,24D2. The van der Waals surface area contributed by atoms with Crippen molar-refractivity contribution in [1.82, 2.24) is 19.4 Å². The molecule has 5 rings (SSSR count). The number of hydrogen-bond donors (Lipinski definition) is 0. The second-order valence-corrected chi connectivity index (χ2v) is 10.8. The summed E-state index contributed by atoms with van der Waals surface area (Å²) in [6.45, 7) is -12.1. The number of halogens is 4. The maximum atomic E-state index is 15.1. The summed E-state index contributed by atoms with van der Waals surface area (Å²) in [6.07, 6.45) is -5.55. The summed E-state index contributed by atoms with van der Waals surface area (Å²) >= 11 is -0.198. The molecule has 1 aromatic heterocycles. The van der Waals surface area contributed by atoms with Gasteiger partial charge in [-0.05, 0) is 91.2 Å². The van der Waals surface area contributed by atoms with Gasteiger partial charge in [-0.3, -0.25) is 9.59 Å². The Labute approximate surface area is 312 Å². The molecule has 0 radical (unpaired) electrons. The highest BCUT2D eigenvalue weighted by Crippen LogP contribution is 2.32. The summed E-state index contributed by atoms with van der Waals surface area (Å²) in [5, 5.41) is -0.998. The van der Waals surface area contributed by atoms with E-state index in [4.69, 9.17) is 23.3 Å². The van der Waals surface area contributed by atoms with Crippen LogP contribution in [0.2, 0.25) is 0 Å². The van der Waals surface area contributed by atoms with Gasteiger partial charge in [-0.15, -0.1) is 0 Å². The molecule has 254 valence electrons. The molecule has 0 unspecified atom stereocenters. The Balaban J connectivity index is 1.80. The Morgan fingerprint density at radius 2 is 1.69 bits per heavy atom. The van der Waals surface area contributed by atoms with Crippen LogP contribution in [0.5, 0.6) is 0 Å². The Morgan fingerprint density at radius 3 is 2.35 bits per heavy atom. The van der Waals surface area contributed by atoms with Crippen LogP contribution in [0.1, 0.15) is 82.6 Å². The van der Waals surface area contributed by atoms with Gasteiger partial charge in [-0.2, -0.15) is 18.2 Å². The van der Waals surface area contributed by atoms with Crippen LogP contribution in [0.25, 0.3) is 11.1 Å². The third-order valence-corrected chi connectivity index (χ3v) is 7.65. The molecule has 6 nitrogen and oxygen atoms in total. The van der Waals surface area contributed by atoms with E-state index in [1.54, 1.807) is 0 Å². The third-order valence-electron chi connectivity index (χ3n) is 6.89. The Bertz CT molecular complexity index is 2750. The maximum Gasteiger partial charge on any atom is 0.416 e. The van der Waals surface area contributed by atoms with Crippen molar-refractivity contribution in [2.75, 3.05) is 26.1 Å². The third kappa shape index (κ3) is 8.54. The van der Waals surface area contributed by atoms with Crippen molar-refractivity contribution in [2.45, 2.75) is 70.1 Å². The highest BCUT2D eigenvalue weighted by atomic mass is 32.2. The lowest BCUT2D eigenvalue weighted by molar-refractivity contribution is -0.137. The average molecular weight is 702 g/mol. The molecule has 0 atom stereocenters. The summed E-state index contributed by atoms with van der Waals surface area (Å²) in [4.78, 5) is 32.9. The number of carbonyl (C=O) groups excluding carboxylic acids is 1. The zero-order valence-electron chi connectivity index (χ0n) is 46.6. The SMILES string of the molecule is [2H]c1c([2H])c(C([2H])([2H])Sc2nc(=O)c3c(n2C([2H])([2H])C(=O)N(CCN(C([2H])([2H])C)C([2H])([2H])C)C([2H])([2H])c2c([2H])c([2H])c(-c4c([2H])c([2H])c(C(F)(F)F)c([2H])c4[2H])c([2H])c2C)CCC3)c([2H])c([2H])c1F. The number of fused-ring (bicyclic) bond motifs is 1. The van der Waals surface area contributed by atoms with Crippen LogP contribution >= 0.6 is 11.8 Å². The van der Waals surface area contributed by atoms with Crippen LogP contribution in [0, 0.1) is 12.7 Å². The zero-order valence-corrected chi connectivity index (χ0v) is 26.4. The van der Waals surface area contributed by atoms with Crippen LogP contribution in [0.15, 0.2) is 76.4 Å². The van der Waals surface area contributed by atoms with Crippen LogP contribution < -0.4 is 5.56 Å². The first-order chi connectivity index (χ1) is 31.2. The molecule has 0 spiro atoms. The number of thioether (sulfide) groups is 1. The van der Waals surface area contributed by atoms with Crippen molar-refractivity contribution in [3.8, 4) is 11.1 Å². The van der Waals surface area contributed by atoms with Gasteiger partial charge in [0, 0.05) is 44.8 Å². The minimum Gasteiger partial charge on any atom is -0.336 e. The van der Waals surface area contributed by atoms with E-state index in [9.17, 15) is 27.8 Å². The highest BCUT2D eigenvalue weighted by Gasteiger charge is 2.30. The van der Waals surface area contributed by atoms with Gasteiger partial charge in [-0.1, -0.05) is 67.9 Å². The molecule has 48 heavy (non-hydrogen) atoms. The molecular weight excluding hydrogens is 640 g/mol. The number of rotatable bonds is 13. The van der Waals surface area contributed by atoms with Crippen molar-refractivity contribution in [2.24, 2.45) is 0 Å². The van der Waals surface area contributed by atoms with E-state index in [1.807, 2.05) is 0 Å². The normalized spacial score (nSPS) is 20.6. The van der Waals surface area contributed by atoms with Crippen LogP contribution in [0.3, 0.4) is 0 Å². The average Bonchev–Trinajstić information content (AvgIpc) is 3.69. The van der Waals surface area contributed by atoms with Crippen LogP contribution in [-0.2, 0) is 42.5 Å². The van der Waals surface area contributed by atoms with E-state index in [0.717, 1.165) is 20.8 Å². The minimum atomic E-state index is -5.40. The quantitative estimate of drug-likeness (QED) is 0.0820. The van der Waals surface area contributed by atoms with E-state index in [0.29, 0.717) is 9.47 Å². The molecule has 1 aliphatic rings. The Morgan fingerprint density at radius 1 is 1.00 bits per heavy atom. The van der Waals surface area contributed by atoms with E-state index in [2.05, 4.69) is 4.98 Å². The second-order valence-electron chi connectivity index (χ2n) is 9.98. The lowest BCUT2D eigenvalue weighted by atomic mass is 9.98. The molecule has 4 aromatic rings. The number of carbonyl (C=O) groups is 1. The summed E-state index contributed by atoms with van der Waals surface area (Å²) in [7, 11) is 0. The number of aromatic nitrogens is 2. The fraction of sp³-hybridized carbons (Fsp3) is 0.378. The van der Waals surface area contributed by atoms with Gasteiger partial charge >= 0.3 is 6.18 Å². The maximum absolute atomic E-state index is 15.1. The molecule has 0 saturated heterocycles. The second kappa shape index (κ2) is 15.5. The van der Waals surface area contributed by atoms with Gasteiger partial charge in [0.25, 0.3) is 5.56 Å². The number of hydrogen-bond acceptors (Lipinski definition) is 5. The molecule has 0 bridgehead atoms. The van der Waals surface area contributed by atoms with Gasteiger partial charge in [-0.25, -0.2) is 4.39 Å². The molecule has 0 aliphatic heterocycles. The van der Waals surface area contributed by atoms with E-state index < -0.39 is 173 Å². The molecule has 11 heteroatoms. The van der Waals surface area contributed by atoms with Crippen LogP contribution in [-0.4, -0.2) is 51.3 Å². The molecule has 1 aliphatic carbocycles. The lowest BCUT2D eigenvalue weighted by Gasteiger charge is -2.28. The molecule has 0 saturated carbocycles. The van der Waals surface area contributed by atoms with Crippen LogP contribution in [0.4, 0.5) is 17.6 Å². The van der Waals surface area contributed by atoms with Crippen molar-refractivity contribution >= 4 is 17.7 Å². The van der Waals surface area contributed by atoms with Crippen molar-refractivity contribution in [3.63, 3.8) is 0 Å². The largest absolute Gasteiger partial charge is 0.416 e. The Hall–Kier alpha value is -3.96. The lowest BCUT2D eigenvalue weighted by Crippen LogP contribution is -2.40. The van der Waals surface area contributed by atoms with E-state index >= 15 is 4.79 Å². The van der Waals surface area contributed by atoms with Gasteiger partial charge in [0.05, 0.1) is 26.1 Å². The fourth-order valence-corrected chi connectivity index (χ4v) is 5.18. The fourth-order valence-electron chi connectivity index (χ4n) is 4.50. The zero-order chi connectivity index (χ0) is 53.0. The number of amides is 1. The topological polar surface area (TPSA) is 58.4 Å². The molecule has 0 fully saturated rings. The molecule has 1 heterocycles. The molecular formula is C37H40F4N4O2S. The summed E-state index contributed by atoms with van der Waals surface area (Å²) in [5.74, 6) is -3.62. The Kier molecular flexibility index (Phi) is 5.53. The monoisotopic (exact) mass is 701 g/mol. The molecule has 1 amide bonds. The summed E-state index contributed by atoms with van der Waals surface area (Å²) in [5.41, 5.74) is -11.6. The van der Waals surface area contributed by atoms with Crippen molar-refractivity contribution in [3.05, 3.63) is 116 Å². The highest BCUT2D eigenvalue weighted by molar-refractivity contribution is 7.98. The van der Waals surface area contributed by atoms with Crippen molar-refractivity contribution in [1.29, 1.82) is 0 Å². The number of nitrogens with zero attached hydrogens (tertiary/aromatic N) is 4. The molecule has 0 N–H and O–H groups in total. The predicted octanol–water partition coefficient (Wildman–Crippen LogP) is 7.53. The summed E-state index contributed by atoms with van der Waals surface area (Å²) < 4.78 is 237. The first-order valence-electron chi connectivity index (χ1n) is 24.7. The minimum absolute atomic E-state index is 0.0370. The predicted molar refractivity (Wildman–Crippen MR) is 181 cm³/mol. The number of benzene rings is 3. The number of alkyl halides is 3.